The molecule has 0 aliphatic carbocycles. The third-order valence-corrected chi connectivity index (χ3v) is 3.75. The first kappa shape index (κ1) is 18.7. The summed E-state index contributed by atoms with van der Waals surface area (Å²) < 4.78 is 0. The van der Waals surface area contributed by atoms with Gasteiger partial charge in [-0.3, -0.25) is 9.59 Å². The summed E-state index contributed by atoms with van der Waals surface area (Å²) >= 11 is 0. The summed E-state index contributed by atoms with van der Waals surface area (Å²) in [5.74, 6) is -1.92. The molecule has 6 nitrogen and oxygen atoms in total. The van der Waals surface area contributed by atoms with Gasteiger partial charge in [0.25, 0.3) is 5.91 Å². The maximum Gasteiger partial charge on any atom is 0.326 e. The number of benzene rings is 1. The van der Waals surface area contributed by atoms with Crippen LogP contribution in [0.25, 0.3) is 0 Å². The Kier molecular flexibility index (Phi) is 5.90. The Morgan fingerprint density at radius 3 is 2.13 bits per heavy atom. The van der Waals surface area contributed by atoms with Crippen LogP contribution in [0, 0.1) is 0 Å². The zero-order valence-electron chi connectivity index (χ0n) is 14.2. The number of nitrogens with one attached hydrogen (secondary N) is 1. The van der Waals surface area contributed by atoms with Crippen LogP contribution in [0.15, 0.2) is 24.3 Å². The average molecular weight is 320 g/mol. The number of nitrogens with zero attached hydrogens (tertiary/aromatic N) is 1. The third kappa shape index (κ3) is 5.09. The highest BCUT2D eigenvalue weighted by molar-refractivity contribution is 5.96. The van der Waals surface area contributed by atoms with Crippen molar-refractivity contribution >= 4 is 17.8 Å². The van der Waals surface area contributed by atoms with E-state index in [1.54, 1.807) is 12.1 Å². The van der Waals surface area contributed by atoms with Gasteiger partial charge in [0.1, 0.15) is 6.04 Å². The van der Waals surface area contributed by atoms with Crippen molar-refractivity contribution in [2.75, 3.05) is 13.6 Å². The Hall–Kier alpha value is -2.37. The van der Waals surface area contributed by atoms with E-state index in [4.69, 9.17) is 5.11 Å². The largest absolute Gasteiger partial charge is 0.480 e. The Morgan fingerprint density at radius 1 is 1.17 bits per heavy atom. The minimum atomic E-state index is -1.09. The second-order valence-electron chi connectivity index (χ2n) is 6.53. The quantitative estimate of drug-likeness (QED) is 0.863. The molecular formula is C17H24N2O4. The fourth-order valence-corrected chi connectivity index (χ4v) is 1.89. The van der Waals surface area contributed by atoms with Crippen molar-refractivity contribution < 1.29 is 19.5 Å². The van der Waals surface area contributed by atoms with E-state index in [0.29, 0.717) is 5.56 Å². The predicted molar refractivity (Wildman–Crippen MR) is 87.3 cm³/mol. The van der Waals surface area contributed by atoms with Gasteiger partial charge in [0, 0.05) is 12.6 Å². The minimum absolute atomic E-state index is 0.000649. The number of aliphatic carboxylic acids is 1. The van der Waals surface area contributed by atoms with Crippen LogP contribution in [0.2, 0.25) is 0 Å². The van der Waals surface area contributed by atoms with Gasteiger partial charge in [0.2, 0.25) is 5.91 Å². The molecule has 0 saturated carbocycles. The summed E-state index contributed by atoms with van der Waals surface area (Å²) in [7, 11) is 1.39. The molecule has 23 heavy (non-hydrogen) atoms. The molecule has 0 aliphatic rings. The first-order valence-electron chi connectivity index (χ1n) is 7.41. The van der Waals surface area contributed by atoms with Gasteiger partial charge in [-0.15, -0.1) is 0 Å². The number of amides is 2. The molecule has 126 valence electrons. The molecule has 2 amide bonds. The lowest BCUT2D eigenvalue weighted by molar-refractivity contribution is -0.147. The van der Waals surface area contributed by atoms with E-state index in [-0.39, 0.29) is 17.9 Å². The van der Waals surface area contributed by atoms with Gasteiger partial charge in [-0.2, -0.15) is 0 Å². The van der Waals surface area contributed by atoms with Crippen molar-refractivity contribution in [3.63, 3.8) is 0 Å². The number of carboxylic acids is 1. The second-order valence-corrected chi connectivity index (χ2v) is 6.53. The van der Waals surface area contributed by atoms with E-state index >= 15 is 0 Å². The first-order chi connectivity index (χ1) is 10.5. The maximum atomic E-state index is 12.0. The molecule has 0 aliphatic heterocycles. The summed E-state index contributed by atoms with van der Waals surface area (Å²) in [5.41, 5.74) is 1.57. The van der Waals surface area contributed by atoms with Crippen LogP contribution in [0.3, 0.4) is 0 Å². The molecule has 6 heteroatoms. The topological polar surface area (TPSA) is 86.7 Å². The lowest BCUT2D eigenvalue weighted by atomic mass is 9.87. The number of carbonyl (C=O) groups excluding carboxylic acids is 2. The van der Waals surface area contributed by atoms with E-state index in [2.05, 4.69) is 26.1 Å². The molecule has 0 spiro atoms. The van der Waals surface area contributed by atoms with Gasteiger partial charge >= 0.3 is 5.97 Å². The molecule has 1 atom stereocenters. The highest BCUT2D eigenvalue weighted by Crippen LogP contribution is 2.22. The summed E-state index contributed by atoms with van der Waals surface area (Å²) in [6.45, 7) is 7.42. The normalized spacial score (nSPS) is 12.4. The van der Waals surface area contributed by atoms with Crippen LogP contribution in [-0.4, -0.2) is 47.4 Å². The van der Waals surface area contributed by atoms with Gasteiger partial charge in [-0.25, -0.2) is 4.79 Å². The number of likely N-dealkylation sites (N-methyl/N-ethyl adjacent to an activating group) is 1. The van der Waals surface area contributed by atoms with E-state index in [0.717, 1.165) is 10.5 Å². The Labute approximate surface area is 136 Å². The van der Waals surface area contributed by atoms with Crippen LogP contribution in [0.4, 0.5) is 0 Å². The van der Waals surface area contributed by atoms with Gasteiger partial charge < -0.3 is 15.3 Å². The molecule has 0 heterocycles. The Balaban J connectivity index is 2.63. The summed E-state index contributed by atoms with van der Waals surface area (Å²) in [4.78, 5) is 35.8. The van der Waals surface area contributed by atoms with Crippen molar-refractivity contribution in [2.24, 2.45) is 0 Å². The molecule has 0 bridgehead atoms. The standard InChI is InChI=1S/C17H24N2O4/c1-11(16(22)23)19(5)14(20)10-18-15(21)12-6-8-13(9-7-12)17(2,3)4/h6-9,11H,10H2,1-5H3,(H,18,21)(H,22,23). The van der Waals surface area contributed by atoms with Crippen molar-refractivity contribution in [2.45, 2.75) is 39.2 Å². The molecule has 1 aromatic carbocycles. The van der Waals surface area contributed by atoms with Gasteiger partial charge in [-0.05, 0) is 30.0 Å². The molecule has 1 rings (SSSR count). The van der Waals surface area contributed by atoms with E-state index in [1.807, 2.05) is 12.1 Å². The van der Waals surface area contributed by atoms with Crippen LogP contribution in [0.5, 0.6) is 0 Å². The minimum Gasteiger partial charge on any atom is -0.480 e. The van der Waals surface area contributed by atoms with Crippen LogP contribution < -0.4 is 5.32 Å². The fourth-order valence-electron chi connectivity index (χ4n) is 1.89. The van der Waals surface area contributed by atoms with E-state index < -0.39 is 17.9 Å². The molecule has 0 fully saturated rings. The summed E-state index contributed by atoms with van der Waals surface area (Å²) in [6, 6.07) is 6.25. The monoisotopic (exact) mass is 320 g/mol. The molecule has 2 N–H and O–H groups in total. The number of carboxylic acid groups (broad SMARTS) is 1. The second kappa shape index (κ2) is 7.26. The SMILES string of the molecule is CC(C(=O)O)N(C)C(=O)CNC(=O)c1ccc(C(C)(C)C)cc1. The van der Waals surface area contributed by atoms with Crippen molar-refractivity contribution in [1.29, 1.82) is 0 Å². The molecule has 1 unspecified atom stereocenters. The van der Waals surface area contributed by atoms with Gasteiger partial charge in [0.15, 0.2) is 0 Å². The maximum absolute atomic E-state index is 12.0. The number of rotatable bonds is 5. The van der Waals surface area contributed by atoms with Crippen molar-refractivity contribution in [3.05, 3.63) is 35.4 Å². The smallest absolute Gasteiger partial charge is 0.326 e. The zero-order chi connectivity index (χ0) is 17.8. The summed E-state index contributed by atoms with van der Waals surface area (Å²) in [5, 5.41) is 11.4. The highest BCUT2D eigenvalue weighted by atomic mass is 16.4. The fraction of sp³-hybridized carbons (Fsp3) is 0.471. The van der Waals surface area contributed by atoms with Gasteiger partial charge in [0.05, 0.1) is 6.54 Å². The van der Waals surface area contributed by atoms with Crippen LogP contribution in [0.1, 0.15) is 43.6 Å². The lowest BCUT2D eigenvalue weighted by Crippen LogP contribution is -2.45. The lowest BCUT2D eigenvalue weighted by Gasteiger charge is -2.21. The molecule has 0 radical (unpaired) electrons. The van der Waals surface area contributed by atoms with Crippen LogP contribution in [-0.2, 0) is 15.0 Å². The zero-order valence-corrected chi connectivity index (χ0v) is 14.2. The number of hydrogen-bond acceptors (Lipinski definition) is 3. The van der Waals surface area contributed by atoms with E-state index in [9.17, 15) is 14.4 Å². The number of hydrogen-bond donors (Lipinski definition) is 2. The highest BCUT2D eigenvalue weighted by Gasteiger charge is 2.22. The molecule has 0 saturated heterocycles. The van der Waals surface area contributed by atoms with Crippen molar-refractivity contribution in [1.82, 2.24) is 10.2 Å². The van der Waals surface area contributed by atoms with Crippen molar-refractivity contribution in [3.8, 4) is 0 Å². The van der Waals surface area contributed by atoms with Crippen LogP contribution >= 0.6 is 0 Å². The molecular weight excluding hydrogens is 296 g/mol. The first-order valence-corrected chi connectivity index (χ1v) is 7.41. The van der Waals surface area contributed by atoms with Gasteiger partial charge in [-0.1, -0.05) is 32.9 Å². The predicted octanol–water partition coefficient (Wildman–Crippen LogP) is 1.65. The number of carbonyl (C=O) groups is 3. The summed E-state index contributed by atoms with van der Waals surface area (Å²) in [6.07, 6.45) is 0. The van der Waals surface area contributed by atoms with E-state index in [1.165, 1.54) is 14.0 Å². The average Bonchev–Trinajstić information content (AvgIpc) is 2.49. The Bertz CT molecular complexity index is 588. The Morgan fingerprint density at radius 2 is 1.70 bits per heavy atom. The molecule has 1 aromatic rings. The third-order valence-electron chi connectivity index (χ3n) is 3.75. The molecule has 0 aromatic heterocycles.